The number of benzene rings is 1. The highest BCUT2D eigenvalue weighted by Gasteiger charge is 2.23. The second-order valence-corrected chi connectivity index (χ2v) is 6.21. The summed E-state index contributed by atoms with van der Waals surface area (Å²) < 4.78 is 27.7. The van der Waals surface area contributed by atoms with E-state index in [1.165, 1.54) is 14.2 Å². The molecule has 0 N–H and O–H groups in total. The minimum Gasteiger partial charge on any atom is -0.497 e. The van der Waals surface area contributed by atoms with E-state index in [1.54, 1.807) is 13.2 Å². The van der Waals surface area contributed by atoms with Gasteiger partial charge in [-0.2, -0.15) is 0 Å². The quantitative estimate of drug-likeness (QED) is 0.782. The van der Waals surface area contributed by atoms with E-state index >= 15 is 0 Å². The fourth-order valence-corrected chi connectivity index (χ4v) is 2.90. The number of hydrogen-bond acceptors (Lipinski definition) is 4. The Kier molecular flexibility index (Phi) is 4.99. The molecule has 1 rings (SSSR count). The van der Waals surface area contributed by atoms with Crippen molar-refractivity contribution in [2.45, 2.75) is 6.16 Å². The van der Waals surface area contributed by atoms with Crippen molar-refractivity contribution in [1.29, 1.82) is 0 Å². The third-order valence-corrected chi connectivity index (χ3v) is 4.79. The van der Waals surface area contributed by atoms with Crippen LogP contribution in [-0.2, 0) is 19.8 Å². The maximum atomic E-state index is 12.0. The van der Waals surface area contributed by atoms with Crippen LogP contribution < -0.4 is 4.74 Å². The maximum Gasteiger partial charge on any atom is 0.334 e. The topological polar surface area (TPSA) is 44.8 Å². The summed E-state index contributed by atoms with van der Waals surface area (Å²) in [7, 11) is 1.28. The third-order valence-electron chi connectivity index (χ3n) is 2.17. The van der Waals surface area contributed by atoms with Crippen molar-refractivity contribution >= 4 is 23.5 Å². The van der Waals surface area contributed by atoms with E-state index < -0.39 is 7.60 Å². The number of methoxy groups -OCH3 is 1. The summed E-state index contributed by atoms with van der Waals surface area (Å²) in [4.78, 5) is 0. The fraction of sp³-hybridized carbons (Fsp3) is 0.400. The zero-order valence-electron chi connectivity index (χ0n) is 9.40. The van der Waals surface area contributed by atoms with Crippen molar-refractivity contribution in [1.82, 2.24) is 0 Å². The minimum absolute atomic E-state index is 0.206. The van der Waals surface area contributed by atoms with Gasteiger partial charge in [0.1, 0.15) is 5.75 Å². The lowest BCUT2D eigenvalue weighted by molar-refractivity contribution is 0.274. The highest BCUT2D eigenvalue weighted by Crippen LogP contribution is 2.50. The molecule has 0 aromatic heterocycles. The van der Waals surface area contributed by atoms with Gasteiger partial charge in [-0.15, -0.1) is 0 Å². The van der Waals surface area contributed by atoms with Crippen LogP contribution in [0.25, 0.3) is 0 Å². The lowest BCUT2D eigenvalue weighted by atomic mass is 10.2. The predicted molar refractivity (Wildman–Crippen MR) is 66.0 cm³/mol. The molecule has 90 valence electrons. The Hall–Kier alpha value is -0.350. The SMILES string of the molecule is COc1ccc(Br)c(CP(=O)(OC)OC)c1. The first-order chi connectivity index (χ1) is 7.54. The van der Waals surface area contributed by atoms with E-state index in [0.29, 0.717) is 5.75 Å². The van der Waals surface area contributed by atoms with Gasteiger partial charge in [-0.1, -0.05) is 15.9 Å². The number of rotatable bonds is 5. The van der Waals surface area contributed by atoms with Gasteiger partial charge in [-0.25, -0.2) is 0 Å². The van der Waals surface area contributed by atoms with Crippen molar-refractivity contribution in [3.63, 3.8) is 0 Å². The number of ether oxygens (including phenoxy) is 1. The van der Waals surface area contributed by atoms with Crippen LogP contribution in [0.5, 0.6) is 5.75 Å². The summed E-state index contributed by atoms with van der Waals surface area (Å²) in [6.07, 6.45) is 0.206. The van der Waals surface area contributed by atoms with Crippen LogP contribution in [0.2, 0.25) is 0 Å². The second-order valence-electron chi connectivity index (χ2n) is 3.09. The van der Waals surface area contributed by atoms with Gasteiger partial charge in [-0.05, 0) is 23.8 Å². The maximum absolute atomic E-state index is 12.0. The number of hydrogen-bond donors (Lipinski definition) is 0. The molecule has 0 saturated heterocycles. The third kappa shape index (κ3) is 3.32. The molecule has 0 radical (unpaired) electrons. The van der Waals surface area contributed by atoms with Crippen LogP contribution in [0.3, 0.4) is 0 Å². The van der Waals surface area contributed by atoms with E-state index in [1.807, 2.05) is 12.1 Å². The summed E-state index contributed by atoms with van der Waals surface area (Å²) >= 11 is 3.38. The van der Waals surface area contributed by atoms with Crippen LogP contribution in [-0.4, -0.2) is 21.3 Å². The summed E-state index contributed by atoms with van der Waals surface area (Å²) in [5.74, 6) is 0.706. The van der Waals surface area contributed by atoms with E-state index in [-0.39, 0.29) is 6.16 Å². The molecule has 0 aliphatic carbocycles. The summed E-state index contributed by atoms with van der Waals surface area (Å²) in [6, 6.07) is 5.46. The first-order valence-electron chi connectivity index (χ1n) is 4.57. The zero-order valence-corrected chi connectivity index (χ0v) is 11.9. The highest BCUT2D eigenvalue weighted by molar-refractivity contribution is 9.10. The fourth-order valence-electron chi connectivity index (χ4n) is 1.21. The molecule has 1 aromatic carbocycles. The van der Waals surface area contributed by atoms with Gasteiger partial charge in [0.15, 0.2) is 0 Å². The monoisotopic (exact) mass is 308 g/mol. The molecule has 0 fully saturated rings. The molecule has 0 aliphatic heterocycles. The molecule has 0 bridgehead atoms. The summed E-state index contributed by atoms with van der Waals surface area (Å²) in [5, 5.41) is 0. The molecular formula is C10H14BrO4P. The Morgan fingerprint density at radius 1 is 1.25 bits per heavy atom. The van der Waals surface area contributed by atoms with Crippen LogP contribution in [0.15, 0.2) is 22.7 Å². The van der Waals surface area contributed by atoms with Gasteiger partial charge in [-0.3, -0.25) is 4.57 Å². The Balaban J connectivity index is 3.00. The smallest absolute Gasteiger partial charge is 0.334 e. The van der Waals surface area contributed by atoms with Gasteiger partial charge >= 0.3 is 7.60 Å². The van der Waals surface area contributed by atoms with Crippen LogP contribution in [0, 0.1) is 0 Å². The van der Waals surface area contributed by atoms with Gasteiger partial charge in [0.2, 0.25) is 0 Å². The molecule has 1 aromatic rings. The average Bonchev–Trinajstić information content (AvgIpc) is 2.32. The molecular weight excluding hydrogens is 295 g/mol. The molecule has 0 aliphatic rings. The van der Waals surface area contributed by atoms with Crippen molar-refractivity contribution < 1.29 is 18.3 Å². The van der Waals surface area contributed by atoms with Crippen molar-refractivity contribution in [3.05, 3.63) is 28.2 Å². The molecule has 0 atom stereocenters. The van der Waals surface area contributed by atoms with Gasteiger partial charge in [0.25, 0.3) is 0 Å². The normalized spacial score (nSPS) is 11.5. The van der Waals surface area contributed by atoms with Crippen LogP contribution in [0.1, 0.15) is 5.56 Å². The van der Waals surface area contributed by atoms with Gasteiger partial charge in [0.05, 0.1) is 13.3 Å². The first-order valence-corrected chi connectivity index (χ1v) is 7.09. The summed E-state index contributed by atoms with van der Waals surface area (Å²) in [5.41, 5.74) is 0.825. The molecule has 0 amide bonds. The first kappa shape index (κ1) is 13.7. The molecule has 6 heteroatoms. The van der Waals surface area contributed by atoms with E-state index in [2.05, 4.69) is 15.9 Å². The lowest BCUT2D eigenvalue weighted by Gasteiger charge is -2.15. The number of halogens is 1. The second kappa shape index (κ2) is 5.82. The molecule has 0 saturated carbocycles. The molecule has 0 heterocycles. The molecule has 0 unspecified atom stereocenters. The summed E-state index contributed by atoms with van der Waals surface area (Å²) in [6.45, 7) is 0. The molecule has 16 heavy (non-hydrogen) atoms. The van der Waals surface area contributed by atoms with E-state index in [9.17, 15) is 4.57 Å². The van der Waals surface area contributed by atoms with E-state index in [0.717, 1.165) is 10.0 Å². The van der Waals surface area contributed by atoms with Gasteiger partial charge in [0, 0.05) is 18.7 Å². The van der Waals surface area contributed by atoms with Gasteiger partial charge < -0.3 is 13.8 Å². The van der Waals surface area contributed by atoms with Crippen LogP contribution >= 0.6 is 23.5 Å². The van der Waals surface area contributed by atoms with E-state index in [4.69, 9.17) is 13.8 Å². The Morgan fingerprint density at radius 3 is 2.38 bits per heavy atom. The lowest BCUT2D eigenvalue weighted by Crippen LogP contribution is -1.95. The molecule has 0 spiro atoms. The largest absolute Gasteiger partial charge is 0.497 e. The Morgan fingerprint density at radius 2 is 1.88 bits per heavy atom. The zero-order chi connectivity index (χ0) is 12.2. The van der Waals surface area contributed by atoms with Crippen molar-refractivity contribution in [2.24, 2.45) is 0 Å². The average molecular weight is 309 g/mol. The highest BCUT2D eigenvalue weighted by atomic mass is 79.9. The Bertz CT molecular complexity index is 400. The molecule has 4 nitrogen and oxygen atoms in total. The van der Waals surface area contributed by atoms with Crippen molar-refractivity contribution in [3.8, 4) is 5.75 Å². The predicted octanol–water partition coefficient (Wildman–Crippen LogP) is 3.44. The Labute approximate surface area is 104 Å². The minimum atomic E-state index is -3.05. The van der Waals surface area contributed by atoms with Crippen LogP contribution in [0.4, 0.5) is 0 Å². The van der Waals surface area contributed by atoms with Crippen molar-refractivity contribution in [2.75, 3.05) is 21.3 Å². The standard InChI is InChI=1S/C10H14BrO4P/c1-13-9-4-5-10(11)8(6-9)7-16(12,14-2)15-3/h4-6H,7H2,1-3H3.